The summed E-state index contributed by atoms with van der Waals surface area (Å²) in [4.78, 5) is 11.1. The van der Waals surface area contributed by atoms with Crippen molar-refractivity contribution >= 4 is 11.8 Å². The van der Waals surface area contributed by atoms with Crippen molar-refractivity contribution in [1.82, 2.24) is 15.6 Å². The first-order valence-corrected chi connectivity index (χ1v) is 9.04. The Morgan fingerprint density at radius 1 is 1.24 bits per heavy atom. The van der Waals surface area contributed by atoms with Crippen LogP contribution in [0, 0.1) is 0 Å². The lowest BCUT2D eigenvalue weighted by Gasteiger charge is -2.17. The first kappa shape index (κ1) is 19.5. The monoisotopic (exact) mass is 349 g/mol. The molecule has 1 aromatic rings. The maximum absolute atomic E-state index is 5.44. The van der Waals surface area contributed by atoms with Gasteiger partial charge in [-0.15, -0.1) is 0 Å². The number of rotatable bonds is 10. The molecule has 2 heterocycles. The van der Waals surface area contributed by atoms with Crippen LogP contribution in [0.1, 0.15) is 24.8 Å². The topological polar surface area (TPSA) is 71.0 Å². The molecule has 0 unspecified atom stereocenters. The van der Waals surface area contributed by atoms with Crippen LogP contribution in [-0.2, 0) is 16.0 Å². The average molecular weight is 349 g/mol. The van der Waals surface area contributed by atoms with Gasteiger partial charge in [-0.2, -0.15) is 0 Å². The van der Waals surface area contributed by atoms with Crippen molar-refractivity contribution in [3.8, 4) is 0 Å². The van der Waals surface area contributed by atoms with Crippen molar-refractivity contribution < 1.29 is 9.47 Å². The van der Waals surface area contributed by atoms with Crippen molar-refractivity contribution in [2.75, 3.05) is 58.5 Å². The van der Waals surface area contributed by atoms with Gasteiger partial charge >= 0.3 is 0 Å². The van der Waals surface area contributed by atoms with E-state index in [-0.39, 0.29) is 0 Å². The lowest BCUT2D eigenvalue weighted by Crippen LogP contribution is -2.37. The maximum atomic E-state index is 5.44. The number of anilines is 1. The number of hydrogen-bond acceptors (Lipinski definition) is 5. The van der Waals surface area contributed by atoms with Crippen LogP contribution in [0.15, 0.2) is 23.3 Å². The summed E-state index contributed by atoms with van der Waals surface area (Å²) in [6.07, 6.45) is 5.34. The van der Waals surface area contributed by atoms with Gasteiger partial charge in [-0.05, 0) is 37.0 Å². The van der Waals surface area contributed by atoms with E-state index >= 15 is 0 Å². The molecule has 0 aliphatic carbocycles. The van der Waals surface area contributed by atoms with Crippen LogP contribution in [-0.4, -0.2) is 64.6 Å². The number of pyridine rings is 1. The highest BCUT2D eigenvalue weighted by atomic mass is 16.5. The van der Waals surface area contributed by atoms with Crippen molar-refractivity contribution in [3.63, 3.8) is 0 Å². The molecular weight excluding hydrogens is 318 g/mol. The summed E-state index contributed by atoms with van der Waals surface area (Å²) in [6, 6.07) is 4.21. The molecule has 1 fully saturated rings. The Kier molecular flexibility index (Phi) is 9.07. The largest absolute Gasteiger partial charge is 0.382 e. The Morgan fingerprint density at radius 3 is 2.84 bits per heavy atom. The fourth-order valence-electron chi connectivity index (χ4n) is 2.72. The van der Waals surface area contributed by atoms with Gasteiger partial charge in [-0.1, -0.05) is 0 Å². The second kappa shape index (κ2) is 11.7. The number of nitrogens with zero attached hydrogens (tertiary/aromatic N) is 3. The molecule has 1 saturated heterocycles. The molecule has 140 valence electrons. The third kappa shape index (κ3) is 7.27. The van der Waals surface area contributed by atoms with Crippen LogP contribution in [0.2, 0.25) is 0 Å². The van der Waals surface area contributed by atoms with E-state index in [0.717, 1.165) is 51.0 Å². The van der Waals surface area contributed by atoms with E-state index in [4.69, 9.17) is 9.47 Å². The zero-order valence-corrected chi connectivity index (χ0v) is 15.5. The number of ether oxygens (including phenoxy) is 2. The molecule has 0 atom stereocenters. The molecule has 2 N–H and O–H groups in total. The van der Waals surface area contributed by atoms with Gasteiger partial charge in [0.25, 0.3) is 0 Å². The number of methoxy groups -OCH3 is 1. The van der Waals surface area contributed by atoms with Gasteiger partial charge < -0.3 is 25.0 Å². The molecule has 1 aromatic heterocycles. The number of hydrogen-bond donors (Lipinski definition) is 2. The Hall–Kier alpha value is -1.86. The van der Waals surface area contributed by atoms with Gasteiger partial charge in [0.2, 0.25) is 0 Å². The van der Waals surface area contributed by atoms with E-state index in [1.165, 1.54) is 18.4 Å². The van der Waals surface area contributed by atoms with Crippen molar-refractivity contribution in [2.45, 2.75) is 25.8 Å². The molecule has 1 aliphatic rings. The van der Waals surface area contributed by atoms with Crippen LogP contribution < -0.4 is 15.5 Å². The van der Waals surface area contributed by atoms with Crippen LogP contribution >= 0.6 is 0 Å². The summed E-state index contributed by atoms with van der Waals surface area (Å²) in [5, 5.41) is 6.65. The van der Waals surface area contributed by atoms with E-state index in [1.807, 2.05) is 12.3 Å². The molecule has 0 amide bonds. The molecule has 7 heteroatoms. The van der Waals surface area contributed by atoms with E-state index in [9.17, 15) is 0 Å². The Morgan fingerprint density at radius 2 is 2.08 bits per heavy atom. The first-order valence-electron chi connectivity index (χ1n) is 9.04. The minimum Gasteiger partial charge on any atom is -0.382 e. The second-order valence-corrected chi connectivity index (χ2v) is 6.03. The smallest absolute Gasteiger partial charge is 0.191 e. The Bertz CT molecular complexity index is 518. The molecule has 0 saturated carbocycles. The minimum absolute atomic E-state index is 0.641. The normalized spacial score (nSPS) is 14.8. The third-order valence-electron chi connectivity index (χ3n) is 4.11. The molecule has 0 radical (unpaired) electrons. The number of aromatic nitrogens is 1. The summed E-state index contributed by atoms with van der Waals surface area (Å²) in [6.45, 7) is 5.78. The summed E-state index contributed by atoms with van der Waals surface area (Å²) >= 11 is 0. The summed E-state index contributed by atoms with van der Waals surface area (Å²) in [5.41, 5.74) is 1.21. The van der Waals surface area contributed by atoms with Gasteiger partial charge in [0.05, 0.1) is 13.2 Å². The Balaban J connectivity index is 1.67. The Labute approximate surface area is 150 Å². The van der Waals surface area contributed by atoms with Gasteiger partial charge in [-0.3, -0.25) is 4.99 Å². The molecule has 0 spiro atoms. The van der Waals surface area contributed by atoms with Crippen molar-refractivity contribution in [3.05, 3.63) is 23.9 Å². The zero-order valence-electron chi connectivity index (χ0n) is 15.5. The predicted octanol–water partition coefficient (Wildman–Crippen LogP) is 1.40. The van der Waals surface area contributed by atoms with E-state index in [0.29, 0.717) is 13.2 Å². The second-order valence-electron chi connectivity index (χ2n) is 6.03. The van der Waals surface area contributed by atoms with Crippen molar-refractivity contribution in [1.29, 1.82) is 0 Å². The molecule has 7 nitrogen and oxygen atoms in total. The molecular formula is C18H31N5O2. The maximum Gasteiger partial charge on any atom is 0.191 e. The van der Waals surface area contributed by atoms with Crippen molar-refractivity contribution in [2.24, 2.45) is 4.99 Å². The summed E-state index contributed by atoms with van der Waals surface area (Å²) < 4.78 is 10.4. The van der Waals surface area contributed by atoms with Crippen LogP contribution in [0.3, 0.4) is 0 Å². The number of nitrogens with one attached hydrogen (secondary N) is 2. The lowest BCUT2D eigenvalue weighted by atomic mass is 10.2. The van der Waals surface area contributed by atoms with Crippen LogP contribution in [0.25, 0.3) is 0 Å². The predicted molar refractivity (Wildman–Crippen MR) is 101 cm³/mol. The molecule has 2 rings (SSSR count). The molecule has 0 aromatic carbocycles. The first-order chi connectivity index (χ1) is 12.3. The van der Waals surface area contributed by atoms with Gasteiger partial charge in [0.15, 0.2) is 5.96 Å². The van der Waals surface area contributed by atoms with E-state index in [2.05, 4.69) is 31.6 Å². The van der Waals surface area contributed by atoms with E-state index < -0.39 is 0 Å². The van der Waals surface area contributed by atoms with Crippen LogP contribution in [0.4, 0.5) is 5.82 Å². The standard InChI is InChI=1S/C18H31N5O2/c1-19-18(21-7-5-11-25-13-12-24-2)22-15-16-6-8-20-17(14-16)23-9-3-4-10-23/h6,8,14H,3-5,7,9-13,15H2,1-2H3,(H2,19,21,22). The quantitative estimate of drug-likeness (QED) is 0.378. The molecule has 1 aliphatic heterocycles. The van der Waals surface area contributed by atoms with Gasteiger partial charge in [0, 0.05) is 53.1 Å². The average Bonchev–Trinajstić information content (AvgIpc) is 3.18. The highest BCUT2D eigenvalue weighted by Gasteiger charge is 2.13. The fourth-order valence-corrected chi connectivity index (χ4v) is 2.72. The van der Waals surface area contributed by atoms with Gasteiger partial charge in [-0.25, -0.2) is 4.98 Å². The SMILES string of the molecule is CN=C(NCCCOCCOC)NCc1ccnc(N2CCCC2)c1. The molecule has 0 bridgehead atoms. The molecule has 25 heavy (non-hydrogen) atoms. The van der Waals surface area contributed by atoms with Gasteiger partial charge in [0.1, 0.15) is 5.82 Å². The fraction of sp³-hybridized carbons (Fsp3) is 0.667. The number of aliphatic imine (C=N–C) groups is 1. The van der Waals surface area contributed by atoms with E-state index in [1.54, 1.807) is 14.2 Å². The highest BCUT2D eigenvalue weighted by Crippen LogP contribution is 2.18. The number of guanidine groups is 1. The lowest BCUT2D eigenvalue weighted by molar-refractivity contribution is 0.0698. The summed E-state index contributed by atoms with van der Waals surface area (Å²) in [7, 11) is 3.46. The minimum atomic E-state index is 0.641. The highest BCUT2D eigenvalue weighted by molar-refractivity contribution is 5.79. The third-order valence-corrected chi connectivity index (χ3v) is 4.11. The van der Waals surface area contributed by atoms with Crippen LogP contribution in [0.5, 0.6) is 0 Å². The zero-order chi connectivity index (χ0) is 17.7. The summed E-state index contributed by atoms with van der Waals surface area (Å²) in [5.74, 6) is 1.88.